The molecule has 2 amide bonds. The SMILES string of the molecule is COc1cccc(NC(=O)C2CCN(S(=O)(=O)c3cc4c(cc3C)NC(=O)[C@H](C)O4)CC2)c1. The van der Waals surface area contributed by atoms with E-state index in [0.717, 1.165) is 0 Å². The first-order chi connectivity index (χ1) is 15.7. The molecule has 2 N–H and O–H groups in total. The zero-order chi connectivity index (χ0) is 23.8. The molecule has 0 aliphatic carbocycles. The molecule has 1 fully saturated rings. The number of carbonyl (C=O) groups is 2. The minimum atomic E-state index is -3.78. The van der Waals surface area contributed by atoms with Gasteiger partial charge in [-0.05, 0) is 50.5 Å². The molecule has 0 unspecified atom stereocenters. The molecule has 2 aliphatic rings. The van der Waals surface area contributed by atoms with Crippen LogP contribution in [0.5, 0.6) is 11.5 Å². The Morgan fingerprint density at radius 1 is 1.21 bits per heavy atom. The smallest absolute Gasteiger partial charge is 0.265 e. The Morgan fingerprint density at radius 3 is 2.64 bits per heavy atom. The number of aryl methyl sites for hydroxylation is 1. The number of nitrogens with zero attached hydrogens (tertiary/aromatic N) is 1. The van der Waals surface area contributed by atoms with Crippen molar-refractivity contribution in [1.82, 2.24) is 4.31 Å². The van der Waals surface area contributed by atoms with E-state index >= 15 is 0 Å². The fourth-order valence-corrected chi connectivity index (χ4v) is 5.75. The third kappa shape index (κ3) is 4.67. The van der Waals surface area contributed by atoms with Gasteiger partial charge in [0.15, 0.2) is 6.10 Å². The number of fused-ring (bicyclic) bond motifs is 1. The average Bonchev–Trinajstić information content (AvgIpc) is 2.80. The van der Waals surface area contributed by atoms with Crippen LogP contribution in [0.3, 0.4) is 0 Å². The van der Waals surface area contributed by atoms with Crippen LogP contribution in [0, 0.1) is 12.8 Å². The number of rotatable bonds is 5. The third-order valence-electron chi connectivity index (χ3n) is 5.99. The number of amides is 2. The molecule has 1 atom stereocenters. The van der Waals surface area contributed by atoms with Crippen LogP contribution in [-0.4, -0.2) is 50.8 Å². The molecule has 0 bridgehead atoms. The highest BCUT2D eigenvalue weighted by Gasteiger charge is 2.34. The average molecular weight is 474 g/mol. The van der Waals surface area contributed by atoms with Crippen LogP contribution in [-0.2, 0) is 19.6 Å². The molecular weight excluding hydrogens is 446 g/mol. The first-order valence-corrected chi connectivity index (χ1v) is 12.2. The lowest BCUT2D eigenvalue weighted by molar-refractivity contribution is -0.123. The lowest BCUT2D eigenvalue weighted by Gasteiger charge is -2.31. The van der Waals surface area contributed by atoms with Gasteiger partial charge < -0.3 is 20.1 Å². The predicted octanol–water partition coefficient (Wildman–Crippen LogP) is 2.76. The van der Waals surface area contributed by atoms with Gasteiger partial charge in [0.2, 0.25) is 15.9 Å². The van der Waals surface area contributed by atoms with Crippen molar-refractivity contribution < 1.29 is 27.5 Å². The van der Waals surface area contributed by atoms with Crippen molar-refractivity contribution in [3.63, 3.8) is 0 Å². The highest BCUT2D eigenvalue weighted by Crippen LogP contribution is 2.36. The Hall–Kier alpha value is -3.11. The van der Waals surface area contributed by atoms with Gasteiger partial charge in [-0.25, -0.2) is 8.42 Å². The quantitative estimate of drug-likeness (QED) is 0.690. The first kappa shape index (κ1) is 23.1. The molecule has 2 heterocycles. The molecule has 10 heteroatoms. The highest BCUT2D eigenvalue weighted by atomic mass is 32.2. The lowest BCUT2D eigenvalue weighted by atomic mass is 9.97. The Labute approximate surface area is 193 Å². The summed E-state index contributed by atoms with van der Waals surface area (Å²) >= 11 is 0. The van der Waals surface area contributed by atoms with Crippen molar-refractivity contribution in [2.75, 3.05) is 30.8 Å². The van der Waals surface area contributed by atoms with Gasteiger partial charge in [-0.15, -0.1) is 0 Å². The number of sulfonamides is 1. The molecule has 2 aromatic carbocycles. The maximum Gasteiger partial charge on any atom is 0.265 e. The Kier molecular flexibility index (Phi) is 6.31. The Morgan fingerprint density at radius 2 is 1.94 bits per heavy atom. The fraction of sp³-hybridized carbons (Fsp3) is 0.391. The van der Waals surface area contributed by atoms with Crippen LogP contribution in [0.4, 0.5) is 11.4 Å². The summed E-state index contributed by atoms with van der Waals surface area (Å²) in [5.41, 5.74) is 1.62. The molecule has 1 saturated heterocycles. The van der Waals surface area contributed by atoms with Crippen LogP contribution in [0.25, 0.3) is 0 Å². The van der Waals surface area contributed by atoms with E-state index in [0.29, 0.717) is 41.3 Å². The third-order valence-corrected chi connectivity index (χ3v) is 8.03. The van der Waals surface area contributed by atoms with Crippen LogP contribution in [0.2, 0.25) is 0 Å². The number of hydrogen-bond acceptors (Lipinski definition) is 6. The largest absolute Gasteiger partial charge is 0.497 e. The van der Waals surface area contributed by atoms with E-state index in [-0.39, 0.29) is 35.7 Å². The van der Waals surface area contributed by atoms with Gasteiger partial charge in [0.25, 0.3) is 5.91 Å². The number of piperidine rings is 1. The summed E-state index contributed by atoms with van der Waals surface area (Å²) in [6, 6.07) is 10.2. The van der Waals surface area contributed by atoms with Crippen molar-refractivity contribution in [3.05, 3.63) is 42.0 Å². The summed E-state index contributed by atoms with van der Waals surface area (Å²) in [5.74, 6) is 0.285. The molecule has 0 spiro atoms. The summed E-state index contributed by atoms with van der Waals surface area (Å²) in [7, 11) is -2.22. The monoisotopic (exact) mass is 473 g/mol. The molecule has 0 aromatic heterocycles. The second kappa shape index (κ2) is 9.03. The molecule has 4 rings (SSSR count). The van der Waals surface area contributed by atoms with Crippen LogP contribution < -0.4 is 20.1 Å². The highest BCUT2D eigenvalue weighted by molar-refractivity contribution is 7.89. The molecule has 0 saturated carbocycles. The number of ether oxygens (including phenoxy) is 2. The molecule has 9 nitrogen and oxygen atoms in total. The Bertz CT molecular complexity index is 1190. The van der Waals surface area contributed by atoms with E-state index in [1.54, 1.807) is 51.3 Å². The molecular formula is C23H27N3O6S. The Balaban J connectivity index is 1.44. The summed E-state index contributed by atoms with van der Waals surface area (Å²) in [6.45, 7) is 3.77. The minimum Gasteiger partial charge on any atom is -0.497 e. The van der Waals surface area contributed by atoms with Crippen LogP contribution in [0.15, 0.2) is 41.3 Å². The minimum absolute atomic E-state index is 0.136. The van der Waals surface area contributed by atoms with E-state index in [4.69, 9.17) is 9.47 Å². The maximum absolute atomic E-state index is 13.3. The lowest BCUT2D eigenvalue weighted by Crippen LogP contribution is -2.41. The van der Waals surface area contributed by atoms with Crippen molar-refractivity contribution in [3.8, 4) is 11.5 Å². The van der Waals surface area contributed by atoms with Gasteiger partial charge in [-0.3, -0.25) is 9.59 Å². The topological polar surface area (TPSA) is 114 Å². The number of carbonyl (C=O) groups excluding carboxylic acids is 2. The van der Waals surface area contributed by atoms with Crippen molar-refractivity contribution >= 4 is 33.2 Å². The number of anilines is 2. The van der Waals surface area contributed by atoms with E-state index in [1.807, 2.05) is 0 Å². The summed E-state index contributed by atoms with van der Waals surface area (Å²) in [4.78, 5) is 24.7. The summed E-state index contributed by atoms with van der Waals surface area (Å²) in [5, 5.41) is 5.61. The maximum atomic E-state index is 13.3. The normalized spacial score (nSPS) is 19.2. The van der Waals surface area contributed by atoms with Gasteiger partial charge in [0, 0.05) is 36.8 Å². The number of hydrogen-bond donors (Lipinski definition) is 2. The second-order valence-electron chi connectivity index (χ2n) is 8.26. The molecule has 176 valence electrons. The molecule has 0 radical (unpaired) electrons. The van der Waals surface area contributed by atoms with Crippen LogP contribution in [0.1, 0.15) is 25.3 Å². The first-order valence-electron chi connectivity index (χ1n) is 10.8. The zero-order valence-corrected chi connectivity index (χ0v) is 19.6. The van der Waals surface area contributed by atoms with Gasteiger partial charge in [-0.2, -0.15) is 4.31 Å². The predicted molar refractivity (Wildman–Crippen MR) is 123 cm³/mol. The molecule has 2 aliphatic heterocycles. The van der Waals surface area contributed by atoms with E-state index in [2.05, 4.69) is 10.6 Å². The van der Waals surface area contributed by atoms with E-state index in [1.165, 1.54) is 10.4 Å². The van der Waals surface area contributed by atoms with Gasteiger partial charge in [0.1, 0.15) is 11.5 Å². The van der Waals surface area contributed by atoms with E-state index < -0.39 is 16.1 Å². The van der Waals surface area contributed by atoms with Gasteiger partial charge in [-0.1, -0.05) is 6.07 Å². The standard InChI is InChI=1S/C23H27N3O6S/c1-14-11-19-20(32-15(2)22(27)25-19)13-21(14)33(29,30)26-9-7-16(8-10-26)23(28)24-17-5-4-6-18(12-17)31-3/h4-6,11-13,15-16H,7-10H2,1-3H3,(H,24,28)(H,25,27)/t15-/m0/s1. The van der Waals surface area contributed by atoms with Crippen LogP contribution >= 0.6 is 0 Å². The summed E-state index contributed by atoms with van der Waals surface area (Å²) < 4.78 is 38.9. The van der Waals surface area contributed by atoms with Crippen molar-refractivity contribution in [2.45, 2.75) is 37.7 Å². The fourth-order valence-electron chi connectivity index (χ4n) is 4.06. The molecule has 33 heavy (non-hydrogen) atoms. The second-order valence-corrected chi connectivity index (χ2v) is 10.2. The van der Waals surface area contributed by atoms with Gasteiger partial charge in [0.05, 0.1) is 17.7 Å². The molecule has 2 aromatic rings. The van der Waals surface area contributed by atoms with Gasteiger partial charge >= 0.3 is 0 Å². The van der Waals surface area contributed by atoms with Crippen molar-refractivity contribution in [2.24, 2.45) is 5.92 Å². The number of nitrogens with one attached hydrogen (secondary N) is 2. The van der Waals surface area contributed by atoms with Crippen molar-refractivity contribution in [1.29, 1.82) is 0 Å². The van der Waals surface area contributed by atoms with E-state index in [9.17, 15) is 18.0 Å². The zero-order valence-electron chi connectivity index (χ0n) is 18.8. The summed E-state index contributed by atoms with van der Waals surface area (Å²) in [6.07, 6.45) is 0.139. The number of methoxy groups -OCH3 is 1. The number of benzene rings is 2.